The second-order valence-electron chi connectivity index (χ2n) is 4.21. The zero-order valence-corrected chi connectivity index (χ0v) is 10.8. The Kier molecular flexibility index (Phi) is 4.74. The van der Waals surface area contributed by atoms with Gasteiger partial charge in [0.05, 0.1) is 6.61 Å². The maximum Gasteiger partial charge on any atom is 0.102 e. The SMILES string of the molecule is COCC(O)c1ccc(C#Cc2ccccc2)cc1. The number of aliphatic hydroxyl groups is 1. The predicted octanol–water partition coefficient (Wildman–Crippen LogP) is 2.77. The molecule has 2 heteroatoms. The van der Waals surface area contributed by atoms with Gasteiger partial charge in [-0.25, -0.2) is 0 Å². The van der Waals surface area contributed by atoms with Crippen LogP contribution in [0.4, 0.5) is 0 Å². The van der Waals surface area contributed by atoms with Crippen LogP contribution >= 0.6 is 0 Å². The lowest BCUT2D eigenvalue weighted by molar-refractivity contribution is 0.0644. The van der Waals surface area contributed by atoms with Crippen LogP contribution in [0, 0.1) is 11.8 Å². The molecule has 0 aliphatic heterocycles. The average Bonchev–Trinajstić information content (AvgIpc) is 2.47. The summed E-state index contributed by atoms with van der Waals surface area (Å²) in [6.07, 6.45) is -0.582. The third-order valence-electron chi connectivity index (χ3n) is 2.74. The lowest BCUT2D eigenvalue weighted by atomic mass is 10.1. The Bertz CT molecular complexity index is 562. The van der Waals surface area contributed by atoms with Crippen molar-refractivity contribution in [3.05, 3.63) is 71.3 Å². The molecule has 0 saturated carbocycles. The molecule has 0 amide bonds. The summed E-state index contributed by atoms with van der Waals surface area (Å²) in [4.78, 5) is 0. The Labute approximate surface area is 113 Å². The van der Waals surface area contributed by atoms with Crippen LogP contribution in [-0.4, -0.2) is 18.8 Å². The maximum absolute atomic E-state index is 9.76. The fourth-order valence-corrected chi connectivity index (χ4v) is 1.71. The molecule has 0 aliphatic rings. The van der Waals surface area contributed by atoms with Crippen molar-refractivity contribution in [2.45, 2.75) is 6.10 Å². The summed E-state index contributed by atoms with van der Waals surface area (Å²) in [5, 5.41) is 9.76. The molecule has 0 saturated heterocycles. The Hall–Kier alpha value is -2.08. The van der Waals surface area contributed by atoms with Crippen molar-refractivity contribution in [3.63, 3.8) is 0 Å². The highest BCUT2D eigenvalue weighted by Gasteiger charge is 2.05. The van der Waals surface area contributed by atoms with Gasteiger partial charge in [0.2, 0.25) is 0 Å². The Balaban J connectivity index is 2.09. The van der Waals surface area contributed by atoms with Crippen LogP contribution < -0.4 is 0 Å². The van der Waals surface area contributed by atoms with E-state index >= 15 is 0 Å². The summed E-state index contributed by atoms with van der Waals surface area (Å²) in [5.41, 5.74) is 2.76. The molecule has 0 heterocycles. The molecule has 96 valence electrons. The van der Waals surface area contributed by atoms with E-state index < -0.39 is 6.10 Å². The Morgan fingerprint density at radius 3 is 2.11 bits per heavy atom. The first-order chi connectivity index (χ1) is 9.29. The fraction of sp³-hybridized carbons (Fsp3) is 0.176. The van der Waals surface area contributed by atoms with Crippen molar-refractivity contribution >= 4 is 0 Å². The zero-order chi connectivity index (χ0) is 13.5. The van der Waals surface area contributed by atoms with Crippen LogP contribution in [-0.2, 0) is 4.74 Å². The van der Waals surface area contributed by atoms with Crippen LogP contribution in [0.2, 0.25) is 0 Å². The van der Waals surface area contributed by atoms with E-state index in [1.165, 1.54) is 0 Å². The quantitative estimate of drug-likeness (QED) is 0.851. The number of benzene rings is 2. The van der Waals surface area contributed by atoms with Gasteiger partial charge in [0.25, 0.3) is 0 Å². The molecule has 0 aliphatic carbocycles. The van der Waals surface area contributed by atoms with Crippen molar-refractivity contribution < 1.29 is 9.84 Å². The molecule has 0 spiro atoms. The summed E-state index contributed by atoms with van der Waals surface area (Å²) >= 11 is 0. The Morgan fingerprint density at radius 1 is 0.947 bits per heavy atom. The molecule has 0 bridgehead atoms. The van der Waals surface area contributed by atoms with Crippen LogP contribution in [0.5, 0.6) is 0 Å². The fourth-order valence-electron chi connectivity index (χ4n) is 1.71. The highest BCUT2D eigenvalue weighted by Crippen LogP contribution is 2.13. The normalized spacial score (nSPS) is 11.5. The molecule has 2 nitrogen and oxygen atoms in total. The van der Waals surface area contributed by atoms with Crippen LogP contribution in [0.1, 0.15) is 22.8 Å². The van der Waals surface area contributed by atoms with Gasteiger partial charge in [-0.15, -0.1) is 0 Å². The summed E-state index contributed by atoms with van der Waals surface area (Å²) in [7, 11) is 1.57. The number of rotatable bonds is 3. The monoisotopic (exact) mass is 252 g/mol. The summed E-state index contributed by atoms with van der Waals surface area (Å²) in [6, 6.07) is 17.4. The van der Waals surface area contributed by atoms with Crippen molar-refractivity contribution in [1.29, 1.82) is 0 Å². The molecule has 2 aromatic rings. The van der Waals surface area contributed by atoms with Crippen molar-refractivity contribution in [2.75, 3.05) is 13.7 Å². The molecule has 1 atom stereocenters. The van der Waals surface area contributed by atoms with E-state index in [9.17, 15) is 5.11 Å². The van der Waals surface area contributed by atoms with Crippen molar-refractivity contribution in [2.24, 2.45) is 0 Å². The average molecular weight is 252 g/mol. The van der Waals surface area contributed by atoms with Gasteiger partial charge in [-0.1, -0.05) is 42.2 Å². The van der Waals surface area contributed by atoms with Gasteiger partial charge in [0.15, 0.2) is 0 Å². The van der Waals surface area contributed by atoms with Gasteiger partial charge >= 0.3 is 0 Å². The summed E-state index contributed by atoms with van der Waals surface area (Å²) < 4.78 is 4.92. The second kappa shape index (κ2) is 6.75. The van der Waals surface area contributed by atoms with Gasteiger partial charge in [-0.05, 0) is 29.8 Å². The minimum absolute atomic E-state index is 0.301. The lowest BCUT2D eigenvalue weighted by Crippen LogP contribution is -2.04. The second-order valence-corrected chi connectivity index (χ2v) is 4.21. The topological polar surface area (TPSA) is 29.5 Å². The minimum atomic E-state index is -0.582. The first-order valence-electron chi connectivity index (χ1n) is 6.13. The van der Waals surface area contributed by atoms with Gasteiger partial charge in [-0.3, -0.25) is 0 Å². The maximum atomic E-state index is 9.76. The minimum Gasteiger partial charge on any atom is -0.386 e. The zero-order valence-electron chi connectivity index (χ0n) is 10.8. The first-order valence-corrected chi connectivity index (χ1v) is 6.13. The number of hydrogen-bond acceptors (Lipinski definition) is 2. The van der Waals surface area contributed by atoms with E-state index in [-0.39, 0.29) is 0 Å². The van der Waals surface area contributed by atoms with Gasteiger partial charge in [0, 0.05) is 18.2 Å². The lowest BCUT2D eigenvalue weighted by Gasteiger charge is -2.09. The molecule has 19 heavy (non-hydrogen) atoms. The molecule has 1 unspecified atom stereocenters. The van der Waals surface area contributed by atoms with Crippen molar-refractivity contribution in [3.8, 4) is 11.8 Å². The molecule has 2 aromatic carbocycles. The number of methoxy groups -OCH3 is 1. The first kappa shape index (κ1) is 13.4. The van der Waals surface area contributed by atoms with E-state index in [1.54, 1.807) is 7.11 Å². The van der Waals surface area contributed by atoms with Crippen LogP contribution in [0.15, 0.2) is 54.6 Å². The molecular formula is C17H16O2. The highest BCUT2D eigenvalue weighted by molar-refractivity contribution is 5.43. The van der Waals surface area contributed by atoms with Gasteiger partial charge in [0.1, 0.15) is 6.10 Å². The molecule has 0 radical (unpaired) electrons. The molecule has 0 fully saturated rings. The van der Waals surface area contributed by atoms with Gasteiger partial charge in [-0.2, -0.15) is 0 Å². The molecule has 1 N–H and O–H groups in total. The molecular weight excluding hydrogens is 236 g/mol. The van der Waals surface area contributed by atoms with Crippen LogP contribution in [0.3, 0.4) is 0 Å². The summed E-state index contributed by atoms with van der Waals surface area (Å²) in [6.45, 7) is 0.301. The standard InChI is InChI=1S/C17H16O2/c1-19-13-17(18)16-11-9-15(10-12-16)8-7-14-5-3-2-4-6-14/h2-6,9-12,17-18H,13H2,1H3. The van der Waals surface area contributed by atoms with E-state index in [0.29, 0.717) is 6.61 Å². The van der Waals surface area contributed by atoms with E-state index in [1.807, 2.05) is 54.6 Å². The number of ether oxygens (including phenoxy) is 1. The number of hydrogen-bond donors (Lipinski definition) is 1. The van der Waals surface area contributed by atoms with Gasteiger partial charge < -0.3 is 9.84 Å². The number of aliphatic hydroxyl groups excluding tert-OH is 1. The Morgan fingerprint density at radius 2 is 1.53 bits per heavy atom. The largest absolute Gasteiger partial charge is 0.386 e. The highest BCUT2D eigenvalue weighted by atomic mass is 16.5. The van der Waals surface area contributed by atoms with E-state index in [2.05, 4.69) is 11.8 Å². The third kappa shape index (κ3) is 3.96. The smallest absolute Gasteiger partial charge is 0.102 e. The summed E-state index contributed by atoms with van der Waals surface area (Å²) in [5.74, 6) is 6.19. The van der Waals surface area contributed by atoms with E-state index in [4.69, 9.17) is 4.74 Å². The van der Waals surface area contributed by atoms with E-state index in [0.717, 1.165) is 16.7 Å². The molecule has 0 aromatic heterocycles. The van der Waals surface area contributed by atoms with Crippen molar-refractivity contribution in [1.82, 2.24) is 0 Å². The third-order valence-corrected chi connectivity index (χ3v) is 2.74. The predicted molar refractivity (Wildman–Crippen MR) is 75.7 cm³/mol. The molecule has 2 rings (SSSR count). The van der Waals surface area contributed by atoms with Crippen LogP contribution in [0.25, 0.3) is 0 Å².